The van der Waals surface area contributed by atoms with Crippen LogP contribution in [0.15, 0.2) is 48.8 Å². The average molecular weight is 289 g/mol. The summed E-state index contributed by atoms with van der Waals surface area (Å²) < 4.78 is 0. The van der Waals surface area contributed by atoms with Crippen molar-refractivity contribution in [3.05, 3.63) is 64.9 Å². The van der Waals surface area contributed by atoms with Crippen molar-refractivity contribution in [3.63, 3.8) is 0 Å². The number of carbonyl (C=O) groups excluding carboxylic acids is 1. The summed E-state index contributed by atoms with van der Waals surface area (Å²) in [5, 5.41) is 0.694. The maximum Gasteiger partial charge on any atom is 0.222 e. The van der Waals surface area contributed by atoms with E-state index in [0.717, 1.165) is 11.1 Å². The van der Waals surface area contributed by atoms with Gasteiger partial charge in [0.2, 0.25) is 5.91 Å². The van der Waals surface area contributed by atoms with E-state index in [1.54, 1.807) is 24.3 Å². The monoisotopic (exact) mass is 288 g/mol. The number of hydrogen-bond acceptors (Lipinski definition) is 2. The van der Waals surface area contributed by atoms with Crippen molar-refractivity contribution < 1.29 is 4.79 Å². The van der Waals surface area contributed by atoms with Crippen LogP contribution >= 0.6 is 11.6 Å². The molecule has 0 atom stereocenters. The maximum absolute atomic E-state index is 12.1. The lowest BCUT2D eigenvalue weighted by Gasteiger charge is -2.18. The standard InChI is InChI=1S/C16H17ClN2O/c1-19(12-14-6-2-3-7-15(14)17)16(20)9-8-13-5-4-10-18-11-13/h2-7,10-11H,8-9,12H2,1H3. The van der Waals surface area contributed by atoms with Crippen molar-refractivity contribution in [3.8, 4) is 0 Å². The average Bonchev–Trinajstić information content (AvgIpc) is 2.48. The van der Waals surface area contributed by atoms with Gasteiger partial charge in [0.1, 0.15) is 0 Å². The van der Waals surface area contributed by atoms with E-state index in [2.05, 4.69) is 4.98 Å². The second-order valence-corrected chi connectivity index (χ2v) is 5.11. The van der Waals surface area contributed by atoms with Crippen molar-refractivity contribution in [2.24, 2.45) is 0 Å². The van der Waals surface area contributed by atoms with Gasteiger partial charge in [0.15, 0.2) is 0 Å². The van der Waals surface area contributed by atoms with Gasteiger partial charge in [-0.3, -0.25) is 9.78 Å². The smallest absolute Gasteiger partial charge is 0.222 e. The first-order valence-electron chi connectivity index (χ1n) is 6.53. The van der Waals surface area contributed by atoms with E-state index >= 15 is 0 Å². The number of halogens is 1. The minimum absolute atomic E-state index is 0.105. The van der Waals surface area contributed by atoms with Crippen LogP contribution in [0.4, 0.5) is 0 Å². The van der Waals surface area contributed by atoms with Gasteiger partial charge in [0.05, 0.1) is 0 Å². The summed E-state index contributed by atoms with van der Waals surface area (Å²) in [5.41, 5.74) is 2.04. The fraction of sp³-hybridized carbons (Fsp3) is 0.250. The van der Waals surface area contributed by atoms with Gasteiger partial charge in [-0.25, -0.2) is 0 Å². The third-order valence-corrected chi connectivity index (χ3v) is 3.51. The van der Waals surface area contributed by atoms with E-state index in [1.165, 1.54) is 0 Å². The van der Waals surface area contributed by atoms with Gasteiger partial charge in [-0.1, -0.05) is 35.9 Å². The molecule has 1 aromatic carbocycles. The maximum atomic E-state index is 12.1. The zero-order chi connectivity index (χ0) is 14.4. The Labute approximate surface area is 124 Å². The van der Waals surface area contributed by atoms with E-state index < -0.39 is 0 Å². The second-order valence-electron chi connectivity index (χ2n) is 4.70. The van der Waals surface area contributed by atoms with Crippen LogP contribution in [0.3, 0.4) is 0 Å². The first kappa shape index (κ1) is 14.5. The first-order valence-corrected chi connectivity index (χ1v) is 6.91. The highest BCUT2D eigenvalue weighted by Gasteiger charge is 2.10. The SMILES string of the molecule is CN(Cc1ccccc1Cl)C(=O)CCc1cccnc1. The number of rotatable bonds is 5. The summed E-state index contributed by atoms with van der Waals surface area (Å²) in [5.74, 6) is 0.105. The molecule has 104 valence electrons. The fourth-order valence-corrected chi connectivity index (χ4v) is 2.15. The molecule has 2 rings (SSSR count). The van der Waals surface area contributed by atoms with Gasteiger partial charge in [0, 0.05) is 37.4 Å². The minimum Gasteiger partial charge on any atom is -0.341 e. The lowest BCUT2D eigenvalue weighted by molar-refractivity contribution is -0.130. The number of carbonyl (C=O) groups is 1. The molecule has 0 unspecified atom stereocenters. The van der Waals surface area contributed by atoms with Crippen LogP contribution in [0, 0.1) is 0 Å². The van der Waals surface area contributed by atoms with E-state index in [-0.39, 0.29) is 5.91 Å². The minimum atomic E-state index is 0.105. The lowest BCUT2D eigenvalue weighted by Crippen LogP contribution is -2.26. The topological polar surface area (TPSA) is 33.2 Å². The molecule has 1 aromatic heterocycles. The number of hydrogen-bond donors (Lipinski definition) is 0. The van der Waals surface area contributed by atoms with Crippen molar-refractivity contribution in [1.82, 2.24) is 9.88 Å². The van der Waals surface area contributed by atoms with Gasteiger partial charge >= 0.3 is 0 Å². The third-order valence-electron chi connectivity index (χ3n) is 3.14. The predicted molar refractivity (Wildman–Crippen MR) is 80.5 cm³/mol. The molecule has 0 bridgehead atoms. The molecule has 3 nitrogen and oxygen atoms in total. The molecule has 2 aromatic rings. The van der Waals surface area contributed by atoms with E-state index in [1.807, 2.05) is 36.4 Å². The number of aromatic nitrogens is 1. The summed E-state index contributed by atoms with van der Waals surface area (Å²) in [6, 6.07) is 11.4. The summed E-state index contributed by atoms with van der Waals surface area (Å²) >= 11 is 6.10. The number of benzene rings is 1. The van der Waals surface area contributed by atoms with Crippen LogP contribution in [0.5, 0.6) is 0 Å². The summed E-state index contributed by atoms with van der Waals surface area (Å²) in [6.07, 6.45) is 4.71. The van der Waals surface area contributed by atoms with Gasteiger partial charge in [-0.2, -0.15) is 0 Å². The number of amides is 1. The highest BCUT2D eigenvalue weighted by Crippen LogP contribution is 2.17. The Kier molecular flexibility index (Phi) is 5.13. The van der Waals surface area contributed by atoms with Gasteiger partial charge < -0.3 is 4.90 Å². The Morgan fingerprint density at radius 3 is 2.75 bits per heavy atom. The molecule has 0 spiro atoms. The summed E-state index contributed by atoms with van der Waals surface area (Å²) in [4.78, 5) is 17.8. The predicted octanol–water partition coefficient (Wildman–Crippen LogP) is 3.33. The Balaban J connectivity index is 1.88. The Morgan fingerprint density at radius 1 is 1.25 bits per heavy atom. The molecule has 1 heterocycles. The Bertz CT molecular complexity index is 572. The van der Waals surface area contributed by atoms with Crippen LogP contribution in [0.25, 0.3) is 0 Å². The summed E-state index contributed by atoms with van der Waals surface area (Å²) in [6.45, 7) is 0.533. The van der Waals surface area contributed by atoms with Crippen molar-refractivity contribution >= 4 is 17.5 Å². The summed E-state index contributed by atoms with van der Waals surface area (Å²) in [7, 11) is 1.80. The highest BCUT2D eigenvalue weighted by molar-refractivity contribution is 6.31. The molecule has 0 N–H and O–H groups in total. The van der Waals surface area contributed by atoms with Crippen molar-refractivity contribution in [2.75, 3.05) is 7.05 Å². The second kappa shape index (κ2) is 7.06. The zero-order valence-electron chi connectivity index (χ0n) is 11.4. The first-order chi connectivity index (χ1) is 9.66. The highest BCUT2D eigenvalue weighted by atomic mass is 35.5. The van der Waals surface area contributed by atoms with Crippen LogP contribution < -0.4 is 0 Å². The molecule has 0 fully saturated rings. The molecule has 0 aliphatic heterocycles. The van der Waals surface area contributed by atoms with Crippen LogP contribution in [-0.4, -0.2) is 22.8 Å². The molecule has 4 heteroatoms. The van der Waals surface area contributed by atoms with Crippen LogP contribution in [0.1, 0.15) is 17.5 Å². The third kappa shape index (κ3) is 4.07. The lowest BCUT2D eigenvalue weighted by atomic mass is 10.1. The van der Waals surface area contributed by atoms with Crippen molar-refractivity contribution in [2.45, 2.75) is 19.4 Å². The zero-order valence-corrected chi connectivity index (χ0v) is 12.2. The molecule has 0 saturated heterocycles. The van der Waals surface area contributed by atoms with Gasteiger partial charge in [-0.05, 0) is 29.7 Å². The fourth-order valence-electron chi connectivity index (χ4n) is 1.96. The molecule has 0 aliphatic carbocycles. The van der Waals surface area contributed by atoms with E-state index in [4.69, 9.17) is 11.6 Å². The molecular formula is C16H17ClN2O. The quantitative estimate of drug-likeness (QED) is 0.845. The van der Waals surface area contributed by atoms with Crippen LogP contribution in [-0.2, 0) is 17.8 Å². The largest absolute Gasteiger partial charge is 0.341 e. The molecule has 0 aliphatic rings. The van der Waals surface area contributed by atoms with Crippen molar-refractivity contribution in [1.29, 1.82) is 0 Å². The molecule has 1 amide bonds. The van der Waals surface area contributed by atoms with E-state index in [9.17, 15) is 4.79 Å². The molecule has 20 heavy (non-hydrogen) atoms. The number of aryl methyl sites for hydroxylation is 1. The van der Waals surface area contributed by atoms with Gasteiger partial charge in [0.25, 0.3) is 0 Å². The number of nitrogens with zero attached hydrogens (tertiary/aromatic N) is 2. The Hall–Kier alpha value is -1.87. The van der Waals surface area contributed by atoms with Gasteiger partial charge in [-0.15, -0.1) is 0 Å². The van der Waals surface area contributed by atoms with E-state index in [0.29, 0.717) is 24.4 Å². The molecular weight excluding hydrogens is 272 g/mol. The molecule has 0 saturated carbocycles. The molecule has 0 radical (unpaired) electrons. The van der Waals surface area contributed by atoms with Crippen LogP contribution in [0.2, 0.25) is 5.02 Å². The number of pyridine rings is 1. The normalized spacial score (nSPS) is 10.3. The Morgan fingerprint density at radius 2 is 2.05 bits per heavy atom.